The summed E-state index contributed by atoms with van der Waals surface area (Å²) in [5.41, 5.74) is 1.94. The monoisotopic (exact) mass is 338 g/mol. The summed E-state index contributed by atoms with van der Waals surface area (Å²) in [5, 5.41) is 0.971. The van der Waals surface area contributed by atoms with Gasteiger partial charge in [-0.1, -0.05) is 30.3 Å². The molecule has 0 radical (unpaired) electrons. The Kier molecular flexibility index (Phi) is 4.24. The first-order valence-corrected chi connectivity index (χ1v) is 8.44. The van der Waals surface area contributed by atoms with E-state index in [1.165, 1.54) is 6.07 Å². The van der Waals surface area contributed by atoms with E-state index in [1.807, 2.05) is 36.4 Å². The summed E-state index contributed by atoms with van der Waals surface area (Å²) in [6, 6.07) is 16.1. The summed E-state index contributed by atoms with van der Waals surface area (Å²) in [5.74, 6) is -0.178. The smallest absolute Gasteiger partial charge is 0.336 e. The van der Waals surface area contributed by atoms with Gasteiger partial charge in [0.1, 0.15) is 11.4 Å². The lowest BCUT2D eigenvalue weighted by Gasteiger charge is -2.36. The standard InChI is InChI=1S/C20H19FN2O2/c21-17-6-2-3-7-18(17)23-11-9-22(10-12-23)14-15-13-20(24)25-19-8-4-1-5-16(15)19/h1-8,13H,9-12,14H2. The minimum atomic E-state index is -0.321. The normalized spacial score (nSPS) is 15.6. The maximum absolute atomic E-state index is 13.9. The Labute approximate surface area is 145 Å². The fourth-order valence-corrected chi connectivity index (χ4v) is 3.41. The van der Waals surface area contributed by atoms with Gasteiger partial charge in [0, 0.05) is 44.2 Å². The quantitative estimate of drug-likeness (QED) is 0.687. The Balaban J connectivity index is 1.49. The lowest BCUT2D eigenvalue weighted by Crippen LogP contribution is -2.46. The van der Waals surface area contributed by atoms with Crippen LogP contribution in [0.4, 0.5) is 10.1 Å². The van der Waals surface area contributed by atoms with Gasteiger partial charge in [0.05, 0.1) is 5.69 Å². The Morgan fingerprint density at radius 2 is 1.68 bits per heavy atom. The van der Waals surface area contributed by atoms with Gasteiger partial charge in [-0.05, 0) is 23.8 Å². The van der Waals surface area contributed by atoms with E-state index in [1.54, 1.807) is 12.1 Å². The molecular weight excluding hydrogens is 319 g/mol. The highest BCUT2D eigenvalue weighted by molar-refractivity contribution is 5.79. The lowest BCUT2D eigenvalue weighted by atomic mass is 10.1. The molecule has 2 heterocycles. The number of halogens is 1. The number of benzene rings is 2. The van der Waals surface area contributed by atoms with E-state index < -0.39 is 0 Å². The van der Waals surface area contributed by atoms with E-state index in [-0.39, 0.29) is 11.4 Å². The molecule has 1 aliphatic rings. The third-order valence-corrected chi connectivity index (χ3v) is 4.70. The first kappa shape index (κ1) is 15.8. The van der Waals surface area contributed by atoms with E-state index in [0.717, 1.165) is 37.1 Å². The minimum absolute atomic E-state index is 0.178. The SMILES string of the molecule is O=c1cc(CN2CCN(c3ccccc3F)CC2)c2ccccc2o1. The van der Waals surface area contributed by atoms with E-state index in [2.05, 4.69) is 9.80 Å². The van der Waals surface area contributed by atoms with Crippen molar-refractivity contribution < 1.29 is 8.81 Å². The molecule has 128 valence electrons. The molecule has 1 aliphatic heterocycles. The van der Waals surface area contributed by atoms with Gasteiger partial charge >= 0.3 is 5.63 Å². The molecule has 2 aromatic carbocycles. The molecular formula is C20H19FN2O2. The topological polar surface area (TPSA) is 36.7 Å². The molecule has 0 bridgehead atoms. The molecule has 0 unspecified atom stereocenters. The van der Waals surface area contributed by atoms with Gasteiger partial charge in [0.2, 0.25) is 0 Å². The lowest BCUT2D eigenvalue weighted by molar-refractivity contribution is 0.249. The summed E-state index contributed by atoms with van der Waals surface area (Å²) >= 11 is 0. The van der Waals surface area contributed by atoms with Crippen LogP contribution >= 0.6 is 0 Å². The van der Waals surface area contributed by atoms with Crippen LogP contribution in [0.3, 0.4) is 0 Å². The number of hydrogen-bond donors (Lipinski definition) is 0. The predicted molar refractivity (Wildman–Crippen MR) is 96.4 cm³/mol. The van der Waals surface area contributed by atoms with E-state index in [4.69, 9.17) is 4.42 Å². The summed E-state index contributed by atoms with van der Waals surface area (Å²) in [7, 11) is 0. The second-order valence-corrected chi connectivity index (χ2v) is 6.30. The molecule has 4 nitrogen and oxygen atoms in total. The van der Waals surface area contributed by atoms with Crippen molar-refractivity contribution in [3.63, 3.8) is 0 Å². The van der Waals surface area contributed by atoms with Crippen LogP contribution in [0.5, 0.6) is 0 Å². The summed E-state index contributed by atoms with van der Waals surface area (Å²) in [6.07, 6.45) is 0. The Bertz CT molecular complexity index is 946. The highest BCUT2D eigenvalue weighted by atomic mass is 19.1. The number of anilines is 1. The molecule has 0 N–H and O–H groups in total. The zero-order chi connectivity index (χ0) is 17.2. The number of piperazine rings is 1. The van der Waals surface area contributed by atoms with E-state index in [9.17, 15) is 9.18 Å². The van der Waals surface area contributed by atoms with E-state index in [0.29, 0.717) is 17.8 Å². The molecule has 0 aliphatic carbocycles. The number of fused-ring (bicyclic) bond motifs is 1. The summed E-state index contributed by atoms with van der Waals surface area (Å²) in [4.78, 5) is 16.1. The molecule has 4 rings (SSSR count). The molecule has 0 amide bonds. The number of hydrogen-bond acceptors (Lipinski definition) is 4. The average molecular weight is 338 g/mol. The first-order valence-electron chi connectivity index (χ1n) is 8.44. The molecule has 0 spiro atoms. The summed E-state index contributed by atoms with van der Waals surface area (Å²) < 4.78 is 19.2. The van der Waals surface area contributed by atoms with Crippen LogP contribution in [-0.4, -0.2) is 31.1 Å². The molecule has 3 aromatic rings. The maximum atomic E-state index is 13.9. The van der Waals surface area contributed by atoms with Crippen molar-refractivity contribution in [2.45, 2.75) is 6.54 Å². The molecule has 0 atom stereocenters. The van der Waals surface area contributed by atoms with Crippen LogP contribution in [-0.2, 0) is 6.54 Å². The van der Waals surface area contributed by atoms with Crippen molar-refractivity contribution in [2.75, 3.05) is 31.1 Å². The largest absolute Gasteiger partial charge is 0.423 e. The molecule has 5 heteroatoms. The fraction of sp³-hybridized carbons (Fsp3) is 0.250. The van der Waals surface area contributed by atoms with Crippen LogP contribution in [0.15, 0.2) is 63.8 Å². The Hall–Kier alpha value is -2.66. The predicted octanol–water partition coefficient (Wildman–Crippen LogP) is 3.25. The van der Waals surface area contributed by atoms with Crippen molar-refractivity contribution >= 4 is 16.7 Å². The van der Waals surface area contributed by atoms with Gasteiger partial charge in [-0.15, -0.1) is 0 Å². The Morgan fingerprint density at radius 3 is 2.48 bits per heavy atom. The fourth-order valence-electron chi connectivity index (χ4n) is 3.41. The van der Waals surface area contributed by atoms with Crippen molar-refractivity contribution in [3.05, 3.63) is 76.4 Å². The van der Waals surface area contributed by atoms with Gasteiger partial charge in [-0.3, -0.25) is 4.90 Å². The zero-order valence-corrected chi connectivity index (χ0v) is 13.8. The average Bonchev–Trinajstić information content (AvgIpc) is 2.63. The van der Waals surface area contributed by atoms with Gasteiger partial charge in [0.15, 0.2) is 0 Å². The highest BCUT2D eigenvalue weighted by Crippen LogP contribution is 2.22. The van der Waals surface area contributed by atoms with Gasteiger partial charge in [0.25, 0.3) is 0 Å². The molecule has 1 fully saturated rings. The third-order valence-electron chi connectivity index (χ3n) is 4.70. The van der Waals surface area contributed by atoms with Gasteiger partial charge in [-0.2, -0.15) is 0 Å². The molecule has 1 aromatic heterocycles. The Morgan fingerprint density at radius 1 is 0.960 bits per heavy atom. The van der Waals surface area contributed by atoms with Crippen LogP contribution < -0.4 is 10.5 Å². The van der Waals surface area contributed by atoms with Crippen molar-refractivity contribution in [1.29, 1.82) is 0 Å². The minimum Gasteiger partial charge on any atom is -0.423 e. The first-order chi connectivity index (χ1) is 12.2. The van der Waals surface area contributed by atoms with Crippen LogP contribution in [0.1, 0.15) is 5.56 Å². The van der Waals surface area contributed by atoms with Gasteiger partial charge in [-0.25, -0.2) is 9.18 Å². The third kappa shape index (κ3) is 3.28. The second-order valence-electron chi connectivity index (χ2n) is 6.30. The number of rotatable bonds is 3. The highest BCUT2D eigenvalue weighted by Gasteiger charge is 2.20. The number of nitrogens with zero attached hydrogens (tertiary/aromatic N) is 2. The number of para-hydroxylation sites is 2. The molecule has 1 saturated heterocycles. The maximum Gasteiger partial charge on any atom is 0.336 e. The van der Waals surface area contributed by atoms with Crippen LogP contribution in [0.2, 0.25) is 0 Å². The van der Waals surface area contributed by atoms with Crippen LogP contribution in [0, 0.1) is 5.82 Å². The van der Waals surface area contributed by atoms with Crippen LogP contribution in [0.25, 0.3) is 11.0 Å². The van der Waals surface area contributed by atoms with Crippen molar-refractivity contribution in [1.82, 2.24) is 4.90 Å². The summed E-state index contributed by atoms with van der Waals surface area (Å²) in [6.45, 7) is 3.86. The van der Waals surface area contributed by atoms with Crippen molar-refractivity contribution in [3.8, 4) is 0 Å². The zero-order valence-electron chi connectivity index (χ0n) is 13.8. The van der Waals surface area contributed by atoms with E-state index >= 15 is 0 Å². The van der Waals surface area contributed by atoms with Gasteiger partial charge < -0.3 is 9.32 Å². The molecule has 0 saturated carbocycles. The molecule has 25 heavy (non-hydrogen) atoms. The van der Waals surface area contributed by atoms with Crippen molar-refractivity contribution in [2.24, 2.45) is 0 Å². The second kappa shape index (κ2) is 6.69.